The number of carbonyl (C=O) groups excluding carboxylic acids is 2. The molecule has 1 heterocycles. The van der Waals surface area contributed by atoms with E-state index in [0.29, 0.717) is 17.4 Å². The highest BCUT2D eigenvalue weighted by Gasteiger charge is 2.15. The molecule has 0 atom stereocenters. The summed E-state index contributed by atoms with van der Waals surface area (Å²) in [4.78, 5) is 28.4. The minimum absolute atomic E-state index is 0.0186. The minimum Gasteiger partial charge on any atom is -0.390 e. The minimum atomic E-state index is -0.239. The molecule has 0 aliphatic carbocycles. The molecule has 1 aromatic carbocycles. The molecule has 1 aromatic heterocycles. The van der Waals surface area contributed by atoms with Gasteiger partial charge >= 0.3 is 0 Å². The van der Waals surface area contributed by atoms with Gasteiger partial charge in [-0.3, -0.25) is 9.59 Å². The lowest BCUT2D eigenvalue weighted by Crippen LogP contribution is -2.28. The first-order valence-corrected chi connectivity index (χ1v) is 9.45. The van der Waals surface area contributed by atoms with Crippen LogP contribution in [-0.4, -0.2) is 38.8 Å². The molecule has 0 saturated heterocycles. The Morgan fingerprint density at radius 2 is 1.96 bits per heavy atom. The molecule has 0 fully saturated rings. The van der Waals surface area contributed by atoms with Crippen molar-refractivity contribution in [2.75, 3.05) is 17.6 Å². The van der Waals surface area contributed by atoms with Crippen LogP contribution in [0.5, 0.6) is 0 Å². The van der Waals surface area contributed by atoms with Crippen LogP contribution in [0, 0.1) is 13.8 Å². The fraction of sp³-hybridized carbons (Fsp3) is 0.316. The maximum absolute atomic E-state index is 12.3. The standard InChI is InChI=1S/C19H24N4O3S/c1-4-5-20-17(25)10-23-16(11-24)9-21-19(23)27-12-18(26)22-15-7-13(2)6-14(3)8-15/h4,6-9,24H,1,5,10-12H2,2-3H3,(H,20,25)(H,22,26). The third kappa shape index (κ3) is 6.26. The van der Waals surface area contributed by atoms with Crippen molar-refractivity contribution in [2.45, 2.75) is 32.2 Å². The molecular formula is C19H24N4O3S. The SMILES string of the molecule is C=CCNC(=O)Cn1c(CO)cnc1SCC(=O)Nc1cc(C)cc(C)c1. The van der Waals surface area contributed by atoms with Gasteiger partial charge in [0.1, 0.15) is 6.54 Å². The van der Waals surface area contributed by atoms with E-state index in [9.17, 15) is 14.7 Å². The molecule has 144 valence electrons. The molecule has 0 aliphatic rings. The summed E-state index contributed by atoms with van der Waals surface area (Å²) in [5.41, 5.74) is 3.42. The molecular weight excluding hydrogens is 364 g/mol. The van der Waals surface area contributed by atoms with Crippen molar-refractivity contribution in [2.24, 2.45) is 0 Å². The zero-order valence-corrected chi connectivity index (χ0v) is 16.3. The number of nitrogens with one attached hydrogen (secondary N) is 2. The number of benzene rings is 1. The number of anilines is 1. The predicted molar refractivity (Wildman–Crippen MR) is 107 cm³/mol. The van der Waals surface area contributed by atoms with Crippen LogP contribution in [0.2, 0.25) is 0 Å². The Kier molecular flexibility index (Phi) is 7.63. The zero-order valence-electron chi connectivity index (χ0n) is 15.5. The van der Waals surface area contributed by atoms with Crippen LogP contribution in [0.1, 0.15) is 16.8 Å². The van der Waals surface area contributed by atoms with Gasteiger partial charge < -0.3 is 20.3 Å². The number of nitrogens with zero attached hydrogens (tertiary/aromatic N) is 2. The molecule has 3 N–H and O–H groups in total. The molecule has 2 aromatic rings. The van der Waals surface area contributed by atoms with Crippen molar-refractivity contribution in [3.63, 3.8) is 0 Å². The molecule has 0 spiro atoms. The van der Waals surface area contributed by atoms with Crippen molar-refractivity contribution in [3.05, 3.63) is 53.9 Å². The van der Waals surface area contributed by atoms with Crippen LogP contribution in [0.15, 0.2) is 42.2 Å². The summed E-state index contributed by atoms with van der Waals surface area (Å²) in [6.45, 7) is 7.64. The molecule has 8 heteroatoms. The van der Waals surface area contributed by atoms with E-state index in [1.165, 1.54) is 18.0 Å². The zero-order chi connectivity index (χ0) is 19.8. The van der Waals surface area contributed by atoms with E-state index in [-0.39, 0.29) is 30.7 Å². The topological polar surface area (TPSA) is 96.2 Å². The molecule has 2 amide bonds. The monoisotopic (exact) mass is 388 g/mol. The second-order valence-corrected chi connectivity index (χ2v) is 7.02. The van der Waals surface area contributed by atoms with Gasteiger partial charge in [0.2, 0.25) is 11.8 Å². The lowest BCUT2D eigenvalue weighted by molar-refractivity contribution is -0.121. The summed E-state index contributed by atoms with van der Waals surface area (Å²) < 4.78 is 1.60. The Morgan fingerprint density at radius 1 is 1.26 bits per heavy atom. The number of imidazole rings is 1. The molecule has 27 heavy (non-hydrogen) atoms. The maximum atomic E-state index is 12.3. The van der Waals surface area contributed by atoms with Crippen molar-refractivity contribution in [1.82, 2.24) is 14.9 Å². The van der Waals surface area contributed by atoms with Crippen LogP contribution >= 0.6 is 11.8 Å². The summed E-state index contributed by atoms with van der Waals surface area (Å²) in [6, 6.07) is 5.85. The Balaban J connectivity index is 2.00. The molecule has 7 nitrogen and oxygen atoms in total. The number of aromatic nitrogens is 2. The van der Waals surface area contributed by atoms with Gasteiger partial charge in [0.15, 0.2) is 5.16 Å². The lowest BCUT2D eigenvalue weighted by Gasteiger charge is -2.11. The number of hydrogen-bond donors (Lipinski definition) is 3. The predicted octanol–water partition coefficient (Wildman–Crippen LogP) is 2.03. The van der Waals surface area contributed by atoms with Gasteiger partial charge in [0.25, 0.3) is 0 Å². The fourth-order valence-corrected chi connectivity index (χ4v) is 3.36. The van der Waals surface area contributed by atoms with E-state index >= 15 is 0 Å². The van der Waals surface area contributed by atoms with Crippen molar-refractivity contribution >= 4 is 29.3 Å². The van der Waals surface area contributed by atoms with Crippen molar-refractivity contribution in [3.8, 4) is 0 Å². The number of aryl methyl sites for hydroxylation is 2. The highest BCUT2D eigenvalue weighted by molar-refractivity contribution is 7.99. The van der Waals surface area contributed by atoms with E-state index in [1.54, 1.807) is 10.6 Å². The molecule has 0 unspecified atom stereocenters. The van der Waals surface area contributed by atoms with Crippen LogP contribution in [0.3, 0.4) is 0 Å². The quantitative estimate of drug-likeness (QED) is 0.451. The van der Waals surface area contributed by atoms with Gasteiger partial charge in [-0.1, -0.05) is 23.9 Å². The van der Waals surface area contributed by atoms with Crippen LogP contribution in [0.4, 0.5) is 5.69 Å². The number of rotatable bonds is 9. The second-order valence-electron chi connectivity index (χ2n) is 6.08. The first-order chi connectivity index (χ1) is 12.9. The number of hydrogen-bond acceptors (Lipinski definition) is 5. The average molecular weight is 388 g/mol. The van der Waals surface area contributed by atoms with Gasteiger partial charge in [0, 0.05) is 12.2 Å². The molecule has 0 aliphatic heterocycles. The van der Waals surface area contributed by atoms with E-state index < -0.39 is 0 Å². The third-order valence-corrected chi connectivity index (χ3v) is 4.64. The highest BCUT2D eigenvalue weighted by atomic mass is 32.2. The molecule has 2 rings (SSSR count). The number of aliphatic hydroxyl groups is 1. The van der Waals surface area contributed by atoms with Gasteiger partial charge in [-0.05, 0) is 37.1 Å². The van der Waals surface area contributed by atoms with Crippen molar-refractivity contribution in [1.29, 1.82) is 0 Å². The molecule has 0 bridgehead atoms. The van der Waals surface area contributed by atoms with E-state index in [0.717, 1.165) is 16.8 Å². The van der Waals surface area contributed by atoms with Crippen LogP contribution < -0.4 is 10.6 Å². The van der Waals surface area contributed by atoms with Crippen LogP contribution in [-0.2, 0) is 22.7 Å². The Hall–Kier alpha value is -2.58. The molecule has 0 saturated carbocycles. The normalized spacial score (nSPS) is 10.5. The van der Waals surface area contributed by atoms with Crippen molar-refractivity contribution < 1.29 is 14.7 Å². The van der Waals surface area contributed by atoms with Gasteiger partial charge in [0.05, 0.1) is 24.3 Å². The Bertz CT molecular complexity index is 812. The number of aliphatic hydroxyl groups excluding tert-OH is 1. The Morgan fingerprint density at radius 3 is 2.59 bits per heavy atom. The van der Waals surface area contributed by atoms with Gasteiger partial charge in [-0.15, -0.1) is 6.58 Å². The van der Waals surface area contributed by atoms with E-state index in [4.69, 9.17) is 0 Å². The summed E-state index contributed by atoms with van der Waals surface area (Å²) in [6.07, 6.45) is 3.09. The lowest BCUT2D eigenvalue weighted by atomic mass is 10.1. The van der Waals surface area contributed by atoms with E-state index in [2.05, 4.69) is 22.2 Å². The summed E-state index contributed by atoms with van der Waals surface area (Å²) >= 11 is 1.21. The first kappa shape index (κ1) is 20.7. The summed E-state index contributed by atoms with van der Waals surface area (Å²) in [5.74, 6) is -0.242. The third-order valence-electron chi connectivity index (χ3n) is 3.65. The first-order valence-electron chi connectivity index (χ1n) is 8.46. The largest absolute Gasteiger partial charge is 0.390 e. The average Bonchev–Trinajstić information content (AvgIpc) is 2.99. The number of amides is 2. The van der Waals surface area contributed by atoms with Gasteiger partial charge in [-0.25, -0.2) is 4.98 Å². The smallest absolute Gasteiger partial charge is 0.240 e. The van der Waals surface area contributed by atoms with Crippen LogP contribution in [0.25, 0.3) is 0 Å². The maximum Gasteiger partial charge on any atom is 0.240 e. The van der Waals surface area contributed by atoms with E-state index in [1.807, 2.05) is 32.0 Å². The Labute approximate surface area is 162 Å². The fourth-order valence-electron chi connectivity index (χ4n) is 2.56. The number of thioether (sulfide) groups is 1. The number of carbonyl (C=O) groups is 2. The van der Waals surface area contributed by atoms with Gasteiger partial charge in [-0.2, -0.15) is 0 Å². The summed E-state index contributed by atoms with van der Waals surface area (Å²) in [5, 5.41) is 15.5. The summed E-state index contributed by atoms with van der Waals surface area (Å²) in [7, 11) is 0. The second kappa shape index (κ2) is 9.94. The highest BCUT2D eigenvalue weighted by Crippen LogP contribution is 2.20. The molecule has 0 radical (unpaired) electrons.